The first kappa shape index (κ1) is 14.6. The van der Waals surface area contributed by atoms with Gasteiger partial charge in [0.05, 0.1) is 0 Å². The number of hydrogen-bond donors (Lipinski definition) is 1. The summed E-state index contributed by atoms with van der Waals surface area (Å²) in [4.78, 5) is 12.3. The normalized spacial score (nSPS) is 23.0. The van der Waals surface area contributed by atoms with E-state index >= 15 is 0 Å². The average molecular weight is 327 g/mol. The molecule has 1 saturated carbocycles. The minimum absolute atomic E-state index is 0.0407. The van der Waals surface area contributed by atoms with Crippen LogP contribution in [0.2, 0.25) is 0 Å². The summed E-state index contributed by atoms with van der Waals surface area (Å²) < 4.78 is 2.97. The van der Waals surface area contributed by atoms with Crippen molar-refractivity contribution in [3.63, 3.8) is 0 Å². The van der Waals surface area contributed by atoms with Crippen molar-refractivity contribution in [3.05, 3.63) is 22.4 Å². The fourth-order valence-electron chi connectivity index (χ4n) is 2.89. The van der Waals surface area contributed by atoms with Crippen LogP contribution in [-0.2, 0) is 0 Å². The topological polar surface area (TPSA) is 34.0 Å². The molecule has 1 fully saturated rings. The number of nitrogens with zero attached hydrogens (tertiary/aromatic N) is 1. The van der Waals surface area contributed by atoms with Crippen molar-refractivity contribution in [1.82, 2.24) is 9.88 Å². The maximum atomic E-state index is 12.3. The predicted molar refractivity (Wildman–Crippen MR) is 81.4 cm³/mol. The third-order valence-corrected chi connectivity index (χ3v) is 4.39. The van der Waals surface area contributed by atoms with E-state index in [1.165, 1.54) is 19.3 Å². The maximum Gasteiger partial charge on any atom is 0.267 e. The largest absolute Gasteiger partial charge is 0.350 e. The van der Waals surface area contributed by atoms with Gasteiger partial charge in [-0.15, -0.1) is 0 Å². The molecule has 1 aromatic rings. The number of carbonyl (C=O) groups is 1. The molecule has 0 saturated heterocycles. The Balaban J connectivity index is 1.96. The van der Waals surface area contributed by atoms with Gasteiger partial charge in [0.1, 0.15) is 5.69 Å². The van der Waals surface area contributed by atoms with Gasteiger partial charge in [-0.2, -0.15) is 0 Å². The summed E-state index contributed by atoms with van der Waals surface area (Å²) in [5, 5.41) is 3.09. The minimum Gasteiger partial charge on any atom is -0.350 e. The Morgan fingerprint density at radius 2 is 2.26 bits per heavy atom. The number of aromatic nitrogens is 1. The second-order valence-corrected chi connectivity index (χ2v) is 6.95. The number of hydrogen-bond acceptors (Lipinski definition) is 1. The van der Waals surface area contributed by atoms with Crippen LogP contribution in [0.25, 0.3) is 0 Å². The van der Waals surface area contributed by atoms with E-state index in [9.17, 15) is 4.79 Å². The molecule has 1 amide bonds. The number of nitrogens with one attached hydrogen (secondary N) is 1. The SMILES string of the molecule is CC1CCC(CNC(=O)c2cc(Br)cn2C(C)C)C1. The molecule has 0 aliphatic heterocycles. The number of amides is 1. The number of carbonyl (C=O) groups excluding carboxylic acids is 1. The van der Waals surface area contributed by atoms with E-state index < -0.39 is 0 Å². The maximum absolute atomic E-state index is 12.3. The van der Waals surface area contributed by atoms with Gasteiger partial charge in [-0.3, -0.25) is 4.79 Å². The second-order valence-electron chi connectivity index (χ2n) is 6.04. The quantitative estimate of drug-likeness (QED) is 0.891. The van der Waals surface area contributed by atoms with Crippen molar-refractivity contribution in [1.29, 1.82) is 0 Å². The van der Waals surface area contributed by atoms with Gasteiger partial charge < -0.3 is 9.88 Å². The predicted octanol–water partition coefficient (Wildman–Crippen LogP) is 4.00. The summed E-state index contributed by atoms with van der Waals surface area (Å²) in [5.41, 5.74) is 0.743. The number of rotatable bonds is 4. The molecule has 2 rings (SSSR count). The molecule has 0 bridgehead atoms. The molecule has 2 unspecified atom stereocenters. The second kappa shape index (κ2) is 6.12. The fourth-order valence-corrected chi connectivity index (χ4v) is 3.33. The van der Waals surface area contributed by atoms with Gasteiger partial charge >= 0.3 is 0 Å². The van der Waals surface area contributed by atoms with Crippen LogP contribution in [0.15, 0.2) is 16.7 Å². The lowest BCUT2D eigenvalue weighted by Gasteiger charge is -2.14. The summed E-state index contributed by atoms with van der Waals surface area (Å²) in [6.45, 7) is 7.27. The van der Waals surface area contributed by atoms with Gasteiger partial charge in [0, 0.05) is 23.3 Å². The Labute approximate surface area is 123 Å². The third-order valence-electron chi connectivity index (χ3n) is 3.96. The zero-order valence-corrected chi connectivity index (χ0v) is 13.5. The van der Waals surface area contributed by atoms with Gasteiger partial charge in [0.2, 0.25) is 0 Å². The van der Waals surface area contributed by atoms with Gasteiger partial charge in [0.25, 0.3) is 5.91 Å². The fraction of sp³-hybridized carbons (Fsp3) is 0.667. The van der Waals surface area contributed by atoms with Crippen LogP contribution in [0.5, 0.6) is 0 Å². The summed E-state index contributed by atoms with van der Waals surface area (Å²) in [7, 11) is 0. The summed E-state index contributed by atoms with van der Waals surface area (Å²) in [5.74, 6) is 1.51. The van der Waals surface area contributed by atoms with Crippen LogP contribution in [-0.4, -0.2) is 17.0 Å². The molecule has 1 aromatic heterocycles. The monoisotopic (exact) mass is 326 g/mol. The van der Waals surface area contributed by atoms with Crippen LogP contribution in [0.3, 0.4) is 0 Å². The molecule has 0 spiro atoms. The first-order chi connectivity index (χ1) is 8.97. The smallest absolute Gasteiger partial charge is 0.267 e. The van der Waals surface area contributed by atoms with Crippen LogP contribution < -0.4 is 5.32 Å². The lowest BCUT2D eigenvalue weighted by molar-refractivity contribution is 0.0936. The zero-order valence-electron chi connectivity index (χ0n) is 11.9. The van der Waals surface area contributed by atoms with E-state index in [4.69, 9.17) is 0 Å². The molecule has 0 radical (unpaired) electrons. The Morgan fingerprint density at radius 1 is 1.53 bits per heavy atom. The third kappa shape index (κ3) is 3.62. The van der Waals surface area contributed by atoms with Gasteiger partial charge in [-0.05, 0) is 60.5 Å². The molecule has 1 aliphatic rings. The van der Waals surface area contributed by atoms with Gasteiger partial charge in [0.15, 0.2) is 0 Å². The molecule has 1 heterocycles. The molecule has 19 heavy (non-hydrogen) atoms. The zero-order chi connectivity index (χ0) is 14.0. The van der Waals surface area contributed by atoms with Crippen molar-refractivity contribution < 1.29 is 4.79 Å². The molecular weight excluding hydrogens is 304 g/mol. The van der Waals surface area contributed by atoms with Crippen LogP contribution >= 0.6 is 15.9 Å². The van der Waals surface area contributed by atoms with E-state index in [-0.39, 0.29) is 5.91 Å². The van der Waals surface area contributed by atoms with Crippen molar-refractivity contribution >= 4 is 21.8 Å². The summed E-state index contributed by atoms with van der Waals surface area (Å²) in [6, 6.07) is 2.19. The first-order valence-electron chi connectivity index (χ1n) is 7.13. The molecule has 1 aliphatic carbocycles. The number of halogens is 1. The minimum atomic E-state index is 0.0407. The van der Waals surface area contributed by atoms with E-state index in [2.05, 4.69) is 42.0 Å². The first-order valence-corrected chi connectivity index (χ1v) is 7.92. The Hall–Kier alpha value is -0.770. The van der Waals surface area contributed by atoms with Crippen LogP contribution in [0, 0.1) is 11.8 Å². The van der Waals surface area contributed by atoms with E-state index in [0.717, 1.165) is 22.6 Å². The van der Waals surface area contributed by atoms with Crippen LogP contribution in [0.1, 0.15) is 56.6 Å². The van der Waals surface area contributed by atoms with E-state index in [0.29, 0.717) is 12.0 Å². The summed E-state index contributed by atoms with van der Waals surface area (Å²) in [6.07, 6.45) is 5.76. The van der Waals surface area contributed by atoms with Crippen molar-refractivity contribution in [2.45, 2.75) is 46.1 Å². The van der Waals surface area contributed by atoms with E-state index in [1.807, 2.05) is 16.8 Å². The van der Waals surface area contributed by atoms with Crippen LogP contribution in [0.4, 0.5) is 0 Å². The molecule has 2 atom stereocenters. The van der Waals surface area contributed by atoms with E-state index in [1.54, 1.807) is 0 Å². The Kier molecular flexibility index (Phi) is 4.71. The summed E-state index contributed by atoms with van der Waals surface area (Å²) >= 11 is 3.44. The molecule has 4 heteroatoms. The van der Waals surface area contributed by atoms with Crippen molar-refractivity contribution in [3.8, 4) is 0 Å². The molecule has 106 valence electrons. The average Bonchev–Trinajstić information content (AvgIpc) is 2.92. The Bertz CT molecular complexity index is 453. The lowest BCUT2D eigenvalue weighted by atomic mass is 10.1. The molecule has 3 nitrogen and oxygen atoms in total. The molecular formula is C15H23BrN2O. The highest BCUT2D eigenvalue weighted by molar-refractivity contribution is 9.10. The van der Waals surface area contributed by atoms with Gasteiger partial charge in [-0.25, -0.2) is 0 Å². The highest BCUT2D eigenvalue weighted by atomic mass is 79.9. The lowest BCUT2D eigenvalue weighted by Crippen LogP contribution is -2.30. The molecule has 0 aromatic carbocycles. The standard InChI is InChI=1S/C15H23BrN2O/c1-10(2)18-9-13(16)7-14(18)15(19)17-8-12-5-4-11(3)6-12/h7,9-12H,4-6,8H2,1-3H3,(H,17,19). The Morgan fingerprint density at radius 3 is 2.84 bits per heavy atom. The van der Waals surface area contributed by atoms with Crippen molar-refractivity contribution in [2.24, 2.45) is 11.8 Å². The van der Waals surface area contributed by atoms with Crippen molar-refractivity contribution in [2.75, 3.05) is 6.54 Å². The highest BCUT2D eigenvalue weighted by Crippen LogP contribution is 2.29. The molecule has 1 N–H and O–H groups in total. The van der Waals surface area contributed by atoms with Gasteiger partial charge in [-0.1, -0.05) is 13.3 Å². The highest BCUT2D eigenvalue weighted by Gasteiger charge is 2.22.